The zero-order valence-corrected chi connectivity index (χ0v) is 9.78. The molecule has 2 saturated heterocycles. The summed E-state index contributed by atoms with van der Waals surface area (Å²) in [4.78, 5) is 24.8. The molecule has 1 amide bonds. The van der Waals surface area contributed by atoms with Crippen molar-refractivity contribution in [2.45, 2.75) is 45.1 Å². The van der Waals surface area contributed by atoms with Crippen molar-refractivity contribution in [2.24, 2.45) is 5.92 Å². The SMILES string of the molecule is CCOC(=O)C[C@H]1CCN2C(=O)CC[C@H]2C1. The Labute approximate surface area is 95.9 Å². The summed E-state index contributed by atoms with van der Waals surface area (Å²) < 4.78 is 4.96. The second-order valence-electron chi connectivity index (χ2n) is 4.68. The van der Waals surface area contributed by atoms with E-state index in [0.717, 1.165) is 25.8 Å². The highest BCUT2D eigenvalue weighted by atomic mass is 16.5. The molecule has 0 aromatic heterocycles. The molecule has 0 aliphatic carbocycles. The van der Waals surface area contributed by atoms with E-state index in [4.69, 9.17) is 4.74 Å². The summed E-state index contributed by atoms with van der Waals surface area (Å²) >= 11 is 0. The summed E-state index contributed by atoms with van der Waals surface area (Å²) in [5.74, 6) is 0.607. The van der Waals surface area contributed by atoms with Gasteiger partial charge in [0.25, 0.3) is 0 Å². The van der Waals surface area contributed by atoms with Crippen LogP contribution < -0.4 is 0 Å². The number of ether oxygens (including phenoxy) is 1. The predicted molar refractivity (Wildman–Crippen MR) is 58.7 cm³/mol. The van der Waals surface area contributed by atoms with Crippen LogP contribution in [0.15, 0.2) is 0 Å². The highest BCUT2D eigenvalue weighted by Gasteiger charge is 2.36. The Morgan fingerprint density at radius 3 is 3.06 bits per heavy atom. The Hall–Kier alpha value is -1.06. The van der Waals surface area contributed by atoms with Crippen LogP contribution in [0.1, 0.15) is 39.0 Å². The summed E-state index contributed by atoms with van der Waals surface area (Å²) in [6.07, 6.45) is 4.10. The second-order valence-corrected chi connectivity index (χ2v) is 4.68. The van der Waals surface area contributed by atoms with Crippen LogP contribution in [-0.2, 0) is 14.3 Å². The van der Waals surface area contributed by atoms with Crippen molar-refractivity contribution in [1.82, 2.24) is 4.90 Å². The fourth-order valence-electron chi connectivity index (χ4n) is 2.81. The first-order valence-corrected chi connectivity index (χ1v) is 6.15. The molecule has 2 rings (SSSR count). The average Bonchev–Trinajstić information content (AvgIpc) is 2.60. The van der Waals surface area contributed by atoms with Gasteiger partial charge < -0.3 is 9.64 Å². The van der Waals surface area contributed by atoms with Crippen molar-refractivity contribution in [1.29, 1.82) is 0 Å². The number of nitrogens with zero attached hydrogens (tertiary/aromatic N) is 1. The number of esters is 1. The number of hydrogen-bond donors (Lipinski definition) is 0. The van der Waals surface area contributed by atoms with E-state index >= 15 is 0 Å². The molecule has 2 aliphatic rings. The van der Waals surface area contributed by atoms with Gasteiger partial charge in [0, 0.05) is 25.4 Å². The number of rotatable bonds is 3. The van der Waals surface area contributed by atoms with Gasteiger partial charge in [-0.05, 0) is 32.1 Å². The number of carbonyl (C=O) groups excluding carboxylic acids is 2. The van der Waals surface area contributed by atoms with Gasteiger partial charge in [0.2, 0.25) is 5.91 Å². The molecule has 2 heterocycles. The van der Waals surface area contributed by atoms with E-state index in [2.05, 4.69) is 0 Å². The van der Waals surface area contributed by atoms with Crippen molar-refractivity contribution in [3.63, 3.8) is 0 Å². The van der Waals surface area contributed by atoms with E-state index in [9.17, 15) is 9.59 Å². The second kappa shape index (κ2) is 4.85. The van der Waals surface area contributed by atoms with Gasteiger partial charge in [-0.1, -0.05) is 0 Å². The lowest BCUT2D eigenvalue weighted by Crippen LogP contribution is -2.40. The lowest BCUT2D eigenvalue weighted by Gasteiger charge is -2.34. The molecule has 0 aromatic carbocycles. The molecule has 2 fully saturated rings. The van der Waals surface area contributed by atoms with Gasteiger partial charge >= 0.3 is 5.97 Å². The minimum absolute atomic E-state index is 0.0923. The highest BCUT2D eigenvalue weighted by molar-refractivity contribution is 5.79. The molecule has 90 valence electrons. The first kappa shape index (κ1) is 11.4. The lowest BCUT2D eigenvalue weighted by molar-refractivity contribution is -0.144. The molecule has 0 spiro atoms. The Bertz CT molecular complexity index is 290. The van der Waals surface area contributed by atoms with Crippen LogP contribution in [0.2, 0.25) is 0 Å². The van der Waals surface area contributed by atoms with E-state index in [1.165, 1.54) is 0 Å². The number of hydrogen-bond acceptors (Lipinski definition) is 3. The number of piperidine rings is 1. The van der Waals surface area contributed by atoms with Crippen molar-refractivity contribution in [3.05, 3.63) is 0 Å². The summed E-state index contributed by atoms with van der Waals surface area (Å²) in [5, 5.41) is 0. The van der Waals surface area contributed by atoms with Crippen molar-refractivity contribution in [3.8, 4) is 0 Å². The predicted octanol–water partition coefficient (Wildman–Crippen LogP) is 1.34. The zero-order chi connectivity index (χ0) is 11.5. The molecule has 0 N–H and O–H groups in total. The Morgan fingerprint density at radius 2 is 2.31 bits per heavy atom. The quantitative estimate of drug-likeness (QED) is 0.681. The Morgan fingerprint density at radius 1 is 1.50 bits per heavy atom. The molecule has 0 saturated carbocycles. The topological polar surface area (TPSA) is 46.6 Å². The molecule has 0 aromatic rings. The van der Waals surface area contributed by atoms with Crippen molar-refractivity contribution < 1.29 is 14.3 Å². The third kappa shape index (κ3) is 2.36. The van der Waals surface area contributed by atoms with Gasteiger partial charge in [0.05, 0.1) is 6.61 Å². The zero-order valence-electron chi connectivity index (χ0n) is 9.78. The molecular formula is C12H19NO3. The average molecular weight is 225 g/mol. The molecule has 0 unspecified atom stereocenters. The first-order valence-electron chi connectivity index (χ1n) is 6.15. The van der Waals surface area contributed by atoms with Crippen LogP contribution in [0.25, 0.3) is 0 Å². The van der Waals surface area contributed by atoms with E-state index < -0.39 is 0 Å². The summed E-state index contributed by atoms with van der Waals surface area (Å²) in [5.41, 5.74) is 0. The third-order valence-electron chi connectivity index (χ3n) is 3.60. The maximum atomic E-state index is 11.5. The molecule has 4 heteroatoms. The van der Waals surface area contributed by atoms with E-state index in [1.807, 2.05) is 11.8 Å². The third-order valence-corrected chi connectivity index (χ3v) is 3.60. The van der Waals surface area contributed by atoms with Crippen LogP contribution in [0, 0.1) is 5.92 Å². The molecule has 0 bridgehead atoms. The molecular weight excluding hydrogens is 206 g/mol. The van der Waals surface area contributed by atoms with Gasteiger partial charge in [0.15, 0.2) is 0 Å². The molecule has 2 atom stereocenters. The van der Waals surface area contributed by atoms with Crippen LogP contribution >= 0.6 is 0 Å². The lowest BCUT2D eigenvalue weighted by atomic mass is 9.89. The van der Waals surface area contributed by atoms with E-state index in [1.54, 1.807) is 0 Å². The summed E-state index contributed by atoms with van der Waals surface area (Å²) in [6.45, 7) is 3.11. The van der Waals surface area contributed by atoms with Crippen molar-refractivity contribution >= 4 is 11.9 Å². The fraction of sp³-hybridized carbons (Fsp3) is 0.833. The summed E-state index contributed by atoms with van der Waals surface area (Å²) in [6, 6.07) is 0.390. The monoisotopic (exact) mass is 225 g/mol. The minimum atomic E-state index is -0.0923. The van der Waals surface area contributed by atoms with Gasteiger partial charge in [-0.15, -0.1) is 0 Å². The Balaban J connectivity index is 1.83. The summed E-state index contributed by atoms with van der Waals surface area (Å²) in [7, 11) is 0. The van der Waals surface area contributed by atoms with Gasteiger partial charge in [-0.25, -0.2) is 0 Å². The minimum Gasteiger partial charge on any atom is -0.466 e. The van der Waals surface area contributed by atoms with Crippen LogP contribution in [0.4, 0.5) is 0 Å². The normalized spacial score (nSPS) is 29.1. The van der Waals surface area contributed by atoms with E-state index in [0.29, 0.717) is 37.3 Å². The van der Waals surface area contributed by atoms with Crippen molar-refractivity contribution in [2.75, 3.05) is 13.2 Å². The van der Waals surface area contributed by atoms with Gasteiger partial charge in [-0.2, -0.15) is 0 Å². The number of fused-ring (bicyclic) bond motifs is 1. The Kier molecular flexibility index (Phi) is 3.46. The van der Waals surface area contributed by atoms with Gasteiger partial charge in [-0.3, -0.25) is 9.59 Å². The maximum Gasteiger partial charge on any atom is 0.306 e. The fourth-order valence-corrected chi connectivity index (χ4v) is 2.81. The first-order chi connectivity index (χ1) is 7.70. The number of carbonyl (C=O) groups is 2. The largest absolute Gasteiger partial charge is 0.466 e. The highest BCUT2D eigenvalue weighted by Crippen LogP contribution is 2.32. The molecule has 0 radical (unpaired) electrons. The smallest absolute Gasteiger partial charge is 0.306 e. The number of amides is 1. The van der Waals surface area contributed by atoms with Gasteiger partial charge in [0.1, 0.15) is 0 Å². The van der Waals surface area contributed by atoms with Crippen LogP contribution in [0.3, 0.4) is 0 Å². The van der Waals surface area contributed by atoms with E-state index in [-0.39, 0.29) is 5.97 Å². The van der Waals surface area contributed by atoms with Crippen LogP contribution in [0.5, 0.6) is 0 Å². The maximum absolute atomic E-state index is 11.5. The molecule has 4 nitrogen and oxygen atoms in total. The molecule has 16 heavy (non-hydrogen) atoms. The van der Waals surface area contributed by atoms with Crippen LogP contribution in [-0.4, -0.2) is 36.0 Å². The standard InChI is InChI=1S/C12H19NO3/c1-2-16-12(15)8-9-5-6-13-10(7-9)3-4-11(13)14/h9-10H,2-8H2,1H3/t9-,10-/m0/s1. The molecule has 2 aliphatic heterocycles.